The Morgan fingerprint density at radius 3 is 2.20 bits per heavy atom. The molecule has 0 heterocycles. The second kappa shape index (κ2) is 3.97. The maximum Gasteiger partial charge on any atom is 0.0456 e. The van der Waals surface area contributed by atoms with Gasteiger partial charge < -0.3 is 5.11 Å². The van der Waals surface area contributed by atoms with Crippen molar-refractivity contribution in [2.75, 3.05) is 6.61 Å². The summed E-state index contributed by atoms with van der Waals surface area (Å²) < 4.78 is 0. The van der Waals surface area contributed by atoms with Gasteiger partial charge in [-0.3, -0.25) is 0 Å². The van der Waals surface area contributed by atoms with Crippen LogP contribution in [0.25, 0.3) is 0 Å². The van der Waals surface area contributed by atoms with Gasteiger partial charge in [0.05, 0.1) is 0 Å². The molecule has 0 saturated heterocycles. The third-order valence-corrected chi connectivity index (χ3v) is 2.17. The van der Waals surface area contributed by atoms with Crippen LogP contribution in [0.15, 0.2) is 0 Å². The number of aliphatic hydroxyl groups excluding tert-OH is 1. The van der Waals surface area contributed by atoms with E-state index in [1.54, 1.807) is 0 Å². The van der Waals surface area contributed by atoms with E-state index >= 15 is 0 Å². The highest BCUT2D eigenvalue weighted by molar-refractivity contribution is 4.69. The summed E-state index contributed by atoms with van der Waals surface area (Å²) in [6.45, 7) is 9.11. The molecular formula is C9H20O. The SMILES string of the molecule is CCC(C)(C)C[C@H](C)CO. The average molecular weight is 144 g/mol. The van der Waals surface area contributed by atoms with E-state index < -0.39 is 0 Å². The Morgan fingerprint density at radius 1 is 1.40 bits per heavy atom. The molecule has 0 bridgehead atoms. The molecular weight excluding hydrogens is 124 g/mol. The minimum Gasteiger partial charge on any atom is -0.396 e. The predicted molar refractivity (Wildman–Crippen MR) is 44.9 cm³/mol. The van der Waals surface area contributed by atoms with Crippen LogP contribution in [-0.2, 0) is 0 Å². The molecule has 1 N–H and O–H groups in total. The maximum atomic E-state index is 8.79. The molecule has 0 unspecified atom stereocenters. The summed E-state index contributed by atoms with van der Waals surface area (Å²) >= 11 is 0. The zero-order valence-corrected chi connectivity index (χ0v) is 7.65. The zero-order chi connectivity index (χ0) is 8.20. The monoisotopic (exact) mass is 144 g/mol. The summed E-state index contributed by atoms with van der Waals surface area (Å²) in [6.07, 6.45) is 2.32. The molecule has 1 atom stereocenters. The van der Waals surface area contributed by atoms with E-state index in [-0.39, 0.29) is 0 Å². The molecule has 0 saturated carbocycles. The lowest BCUT2D eigenvalue weighted by Crippen LogP contribution is -2.16. The Labute approximate surface area is 64.5 Å². The lowest BCUT2D eigenvalue weighted by Gasteiger charge is -2.25. The highest BCUT2D eigenvalue weighted by Gasteiger charge is 2.17. The largest absolute Gasteiger partial charge is 0.396 e. The molecule has 0 aliphatic carbocycles. The number of hydrogen-bond acceptors (Lipinski definition) is 1. The van der Waals surface area contributed by atoms with Crippen LogP contribution in [0.4, 0.5) is 0 Å². The Bertz CT molecular complexity index is 86.7. The van der Waals surface area contributed by atoms with Crippen molar-refractivity contribution in [2.24, 2.45) is 11.3 Å². The molecule has 0 aromatic heterocycles. The first-order valence-electron chi connectivity index (χ1n) is 4.12. The van der Waals surface area contributed by atoms with E-state index in [1.807, 2.05) is 0 Å². The van der Waals surface area contributed by atoms with E-state index in [0.717, 1.165) is 6.42 Å². The minimum absolute atomic E-state index is 0.323. The molecule has 1 heteroatoms. The van der Waals surface area contributed by atoms with E-state index in [9.17, 15) is 0 Å². The van der Waals surface area contributed by atoms with Crippen LogP contribution in [0.5, 0.6) is 0 Å². The molecule has 0 aromatic rings. The minimum atomic E-state index is 0.323. The third-order valence-electron chi connectivity index (χ3n) is 2.17. The molecule has 0 amide bonds. The van der Waals surface area contributed by atoms with E-state index in [2.05, 4.69) is 27.7 Å². The quantitative estimate of drug-likeness (QED) is 0.642. The molecule has 0 spiro atoms. The van der Waals surface area contributed by atoms with Crippen LogP contribution in [0.3, 0.4) is 0 Å². The lowest BCUT2D eigenvalue weighted by molar-refractivity contribution is 0.178. The van der Waals surface area contributed by atoms with Crippen molar-refractivity contribution in [3.63, 3.8) is 0 Å². The van der Waals surface area contributed by atoms with Gasteiger partial charge in [-0.25, -0.2) is 0 Å². The number of rotatable bonds is 4. The van der Waals surface area contributed by atoms with Gasteiger partial charge in [-0.2, -0.15) is 0 Å². The average Bonchev–Trinajstić information content (AvgIpc) is 1.87. The smallest absolute Gasteiger partial charge is 0.0456 e. The molecule has 62 valence electrons. The molecule has 10 heavy (non-hydrogen) atoms. The van der Waals surface area contributed by atoms with E-state index in [4.69, 9.17) is 5.11 Å². The van der Waals surface area contributed by atoms with Crippen molar-refractivity contribution >= 4 is 0 Å². The first-order valence-corrected chi connectivity index (χ1v) is 4.12. The van der Waals surface area contributed by atoms with Gasteiger partial charge in [0.2, 0.25) is 0 Å². The summed E-state index contributed by atoms with van der Waals surface area (Å²) in [4.78, 5) is 0. The predicted octanol–water partition coefficient (Wildman–Crippen LogP) is 2.44. The molecule has 0 aliphatic heterocycles. The lowest BCUT2D eigenvalue weighted by atomic mass is 9.81. The van der Waals surface area contributed by atoms with Crippen LogP contribution in [0, 0.1) is 11.3 Å². The van der Waals surface area contributed by atoms with Crippen molar-refractivity contribution in [3.05, 3.63) is 0 Å². The van der Waals surface area contributed by atoms with Crippen LogP contribution in [0.2, 0.25) is 0 Å². The second-order valence-corrected chi connectivity index (χ2v) is 4.01. The fourth-order valence-corrected chi connectivity index (χ4v) is 1.15. The summed E-state index contributed by atoms with van der Waals surface area (Å²) in [5.74, 6) is 0.454. The van der Waals surface area contributed by atoms with Crippen molar-refractivity contribution in [3.8, 4) is 0 Å². The molecule has 0 fully saturated rings. The van der Waals surface area contributed by atoms with Crippen LogP contribution >= 0.6 is 0 Å². The van der Waals surface area contributed by atoms with Crippen molar-refractivity contribution in [2.45, 2.75) is 40.5 Å². The van der Waals surface area contributed by atoms with E-state index in [1.165, 1.54) is 6.42 Å². The van der Waals surface area contributed by atoms with Gasteiger partial charge in [0.25, 0.3) is 0 Å². The normalized spacial score (nSPS) is 15.3. The van der Waals surface area contributed by atoms with Gasteiger partial charge in [-0.1, -0.05) is 34.1 Å². The Morgan fingerprint density at radius 2 is 1.90 bits per heavy atom. The first kappa shape index (κ1) is 9.96. The Hall–Kier alpha value is -0.0400. The van der Waals surface area contributed by atoms with Crippen molar-refractivity contribution in [1.29, 1.82) is 0 Å². The first-order chi connectivity index (χ1) is 4.52. The fourth-order valence-electron chi connectivity index (χ4n) is 1.15. The standard InChI is InChI=1S/C9H20O/c1-5-9(3,4)6-8(2)7-10/h8,10H,5-7H2,1-4H3/t8-/m0/s1. The summed E-state index contributed by atoms with van der Waals surface area (Å²) in [7, 11) is 0. The third kappa shape index (κ3) is 3.89. The van der Waals surface area contributed by atoms with Gasteiger partial charge >= 0.3 is 0 Å². The zero-order valence-electron chi connectivity index (χ0n) is 7.65. The van der Waals surface area contributed by atoms with Gasteiger partial charge in [0.1, 0.15) is 0 Å². The molecule has 0 radical (unpaired) electrons. The fraction of sp³-hybridized carbons (Fsp3) is 1.00. The van der Waals surface area contributed by atoms with Gasteiger partial charge in [0.15, 0.2) is 0 Å². The van der Waals surface area contributed by atoms with Crippen LogP contribution < -0.4 is 0 Å². The Kier molecular flexibility index (Phi) is 3.95. The number of aliphatic hydroxyl groups is 1. The molecule has 0 aliphatic rings. The highest BCUT2D eigenvalue weighted by atomic mass is 16.3. The van der Waals surface area contributed by atoms with Crippen LogP contribution in [0.1, 0.15) is 40.5 Å². The second-order valence-electron chi connectivity index (χ2n) is 4.01. The van der Waals surface area contributed by atoms with Gasteiger partial charge in [0, 0.05) is 6.61 Å². The molecule has 1 nitrogen and oxygen atoms in total. The summed E-state index contributed by atoms with van der Waals surface area (Å²) in [5, 5.41) is 8.79. The van der Waals surface area contributed by atoms with Crippen LogP contribution in [-0.4, -0.2) is 11.7 Å². The van der Waals surface area contributed by atoms with Gasteiger partial charge in [-0.05, 0) is 17.8 Å². The van der Waals surface area contributed by atoms with E-state index in [0.29, 0.717) is 17.9 Å². The van der Waals surface area contributed by atoms with Crippen molar-refractivity contribution < 1.29 is 5.11 Å². The van der Waals surface area contributed by atoms with Gasteiger partial charge in [-0.15, -0.1) is 0 Å². The van der Waals surface area contributed by atoms with Crippen molar-refractivity contribution in [1.82, 2.24) is 0 Å². The molecule has 0 aromatic carbocycles. The number of hydrogen-bond donors (Lipinski definition) is 1. The highest BCUT2D eigenvalue weighted by Crippen LogP contribution is 2.28. The molecule has 0 rings (SSSR count). The maximum absolute atomic E-state index is 8.79. The summed E-state index contributed by atoms with van der Waals surface area (Å²) in [6, 6.07) is 0. The summed E-state index contributed by atoms with van der Waals surface area (Å²) in [5.41, 5.74) is 0.405. The Balaban J connectivity index is 3.64. The topological polar surface area (TPSA) is 20.2 Å².